The Hall–Kier alpha value is -4.40. The summed E-state index contributed by atoms with van der Waals surface area (Å²) < 4.78 is 6.15. The van der Waals surface area contributed by atoms with Crippen LogP contribution in [0.4, 0.5) is 5.69 Å². The van der Waals surface area contributed by atoms with E-state index in [1.54, 1.807) is 30.3 Å². The number of aryl methyl sites for hydroxylation is 1. The van der Waals surface area contributed by atoms with Crippen LogP contribution in [0.15, 0.2) is 59.4 Å². The van der Waals surface area contributed by atoms with Crippen LogP contribution in [0.25, 0.3) is 0 Å². The van der Waals surface area contributed by atoms with Crippen LogP contribution in [0.3, 0.4) is 0 Å². The molecule has 2 aromatic carbocycles. The zero-order chi connectivity index (χ0) is 23.5. The SMILES string of the molecule is CCCn1nc(C(=O)OCC(=O)Nc2cccc3c2C(=O)c2ccccc2C3=O)ccc1=O. The number of aromatic nitrogens is 2. The number of ether oxygens (including phenoxy) is 1. The van der Waals surface area contributed by atoms with E-state index in [-0.39, 0.29) is 45.2 Å². The van der Waals surface area contributed by atoms with E-state index in [1.165, 1.54) is 24.3 Å². The van der Waals surface area contributed by atoms with Crippen molar-refractivity contribution in [2.75, 3.05) is 11.9 Å². The van der Waals surface area contributed by atoms with Crippen LogP contribution in [0.1, 0.15) is 55.7 Å². The van der Waals surface area contributed by atoms with E-state index in [9.17, 15) is 24.0 Å². The first kappa shape index (κ1) is 21.8. The fraction of sp³-hybridized carbons (Fsp3) is 0.167. The number of carbonyl (C=O) groups is 4. The number of hydrogen-bond donors (Lipinski definition) is 1. The van der Waals surface area contributed by atoms with Gasteiger partial charge < -0.3 is 10.1 Å². The summed E-state index contributed by atoms with van der Waals surface area (Å²) in [7, 11) is 0. The summed E-state index contributed by atoms with van der Waals surface area (Å²) in [4.78, 5) is 62.2. The van der Waals surface area contributed by atoms with Crippen molar-refractivity contribution in [3.05, 3.63) is 92.9 Å². The van der Waals surface area contributed by atoms with Crippen molar-refractivity contribution >= 4 is 29.1 Å². The van der Waals surface area contributed by atoms with Gasteiger partial charge in [0, 0.05) is 29.3 Å². The van der Waals surface area contributed by atoms with Crippen molar-refractivity contribution in [1.29, 1.82) is 0 Å². The molecule has 9 heteroatoms. The predicted octanol–water partition coefficient (Wildman–Crippen LogP) is 2.22. The minimum absolute atomic E-state index is 0.0918. The number of hydrogen-bond acceptors (Lipinski definition) is 7. The molecule has 0 radical (unpaired) electrons. The Bertz CT molecular complexity index is 1360. The second-order valence-corrected chi connectivity index (χ2v) is 7.34. The molecular formula is C24H19N3O6. The molecule has 1 heterocycles. The molecule has 0 atom stereocenters. The summed E-state index contributed by atoms with van der Waals surface area (Å²) in [6.45, 7) is 1.56. The van der Waals surface area contributed by atoms with Gasteiger partial charge in [0.2, 0.25) is 0 Å². The molecule has 0 saturated carbocycles. The van der Waals surface area contributed by atoms with Crippen LogP contribution in [0.2, 0.25) is 0 Å². The second-order valence-electron chi connectivity index (χ2n) is 7.34. The highest BCUT2D eigenvalue weighted by Gasteiger charge is 2.31. The van der Waals surface area contributed by atoms with Gasteiger partial charge in [-0.1, -0.05) is 43.3 Å². The van der Waals surface area contributed by atoms with E-state index in [0.717, 1.165) is 4.68 Å². The smallest absolute Gasteiger partial charge is 0.359 e. The summed E-state index contributed by atoms with van der Waals surface area (Å²) in [6, 6.07) is 13.5. The topological polar surface area (TPSA) is 124 Å². The van der Waals surface area contributed by atoms with E-state index < -0.39 is 18.5 Å². The molecule has 1 aromatic heterocycles. The largest absolute Gasteiger partial charge is 0.451 e. The van der Waals surface area contributed by atoms with E-state index in [0.29, 0.717) is 18.5 Å². The molecule has 0 aliphatic heterocycles. The number of nitrogens with one attached hydrogen (secondary N) is 1. The zero-order valence-corrected chi connectivity index (χ0v) is 17.7. The molecule has 3 aromatic rings. The maximum absolute atomic E-state index is 13.0. The van der Waals surface area contributed by atoms with E-state index >= 15 is 0 Å². The maximum Gasteiger partial charge on any atom is 0.359 e. The summed E-state index contributed by atoms with van der Waals surface area (Å²) in [5.74, 6) is -2.26. The molecule has 0 spiro atoms. The fourth-order valence-electron chi connectivity index (χ4n) is 3.57. The van der Waals surface area contributed by atoms with Gasteiger partial charge in [0.05, 0.1) is 11.3 Å². The van der Waals surface area contributed by atoms with Crippen LogP contribution in [0.5, 0.6) is 0 Å². The first-order chi connectivity index (χ1) is 15.9. The molecular weight excluding hydrogens is 426 g/mol. The molecule has 1 aliphatic carbocycles. The average molecular weight is 445 g/mol. The van der Waals surface area contributed by atoms with Crippen LogP contribution >= 0.6 is 0 Å². The lowest BCUT2D eigenvalue weighted by atomic mass is 9.83. The van der Waals surface area contributed by atoms with Gasteiger partial charge in [-0.2, -0.15) is 5.10 Å². The van der Waals surface area contributed by atoms with E-state index in [2.05, 4.69) is 10.4 Å². The normalized spacial score (nSPS) is 12.0. The molecule has 0 unspecified atom stereocenters. The van der Waals surface area contributed by atoms with Gasteiger partial charge >= 0.3 is 5.97 Å². The van der Waals surface area contributed by atoms with E-state index in [1.807, 2.05) is 6.92 Å². The minimum atomic E-state index is -0.870. The average Bonchev–Trinajstić information content (AvgIpc) is 2.82. The van der Waals surface area contributed by atoms with Gasteiger partial charge in [0.15, 0.2) is 23.9 Å². The van der Waals surface area contributed by atoms with Gasteiger partial charge in [0.1, 0.15) is 0 Å². The molecule has 0 saturated heterocycles. The number of fused-ring (bicyclic) bond motifs is 2. The van der Waals surface area contributed by atoms with Crippen molar-refractivity contribution in [2.45, 2.75) is 19.9 Å². The fourth-order valence-corrected chi connectivity index (χ4v) is 3.57. The van der Waals surface area contributed by atoms with Crippen molar-refractivity contribution in [1.82, 2.24) is 9.78 Å². The van der Waals surface area contributed by atoms with Crippen molar-refractivity contribution in [3.63, 3.8) is 0 Å². The van der Waals surface area contributed by atoms with Gasteiger partial charge in [-0.25, -0.2) is 9.48 Å². The second kappa shape index (κ2) is 8.99. The molecule has 1 aliphatic rings. The Kier molecular flexibility index (Phi) is 5.95. The van der Waals surface area contributed by atoms with Gasteiger partial charge in [-0.3, -0.25) is 19.2 Å². The van der Waals surface area contributed by atoms with Crippen molar-refractivity contribution in [2.24, 2.45) is 0 Å². The number of benzene rings is 2. The van der Waals surface area contributed by atoms with Crippen LogP contribution in [0, 0.1) is 0 Å². The number of nitrogens with zero attached hydrogens (tertiary/aromatic N) is 2. The number of rotatable bonds is 6. The third-order valence-electron chi connectivity index (χ3n) is 5.07. The Morgan fingerprint density at radius 3 is 2.33 bits per heavy atom. The number of carbonyl (C=O) groups excluding carboxylic acids is 4. The molecule has 166 valence electrons. The summed E-state index contributed by atoms with van der Waals surface area (Å²) in [6.07, 6.45) is 0.654. The molecule has 33 heavy (non-hydrogen) atoms. The Balaban J connectivity index is 1.49. The minimum Gasteiger partial charge on any atom is -0.451 e. The number of anilines is 1. The quantitative estimate of drug-likeness (QED) is 0.451. The lowest BCUT2D eigenvalue weighted by Gasteiger charge is -2.20. The Labute approximate surface area is 188 Å². The monoisotopic (exact) mass is 445 g/mol. The Morgan fingerprint density at radius 2 is 1.61 bits per heavy atom. The number of amides is 1. The van der Waals surface area contributed by atoms with Gasteiger partial charge in [-0.05, 0) is 18.6 Å². The number of esters is 1. The lowest BCUT2D eigenvalue weighted by molar-refractivity contribution is -0.119. The highest BCUT2D eigenvalue weighted by molar-refractivity contribution is 6.30. The molecule has 1 N–H and O–H groups in total. The molecule has 0 bridgehead atoms. The van der Waals surface area contributed by atoms with Gasteiger partial charge in [0.25, 0.3) is 11.5 Å². The maximum atomic E-state index is 13.0. The highest BCUT2D eigenvalue weighted by Crippen LogP contribution is 2.31. The van der Waals surface area contributed by atoms with Gasteiger partial charge in [-0.15, -0.1) is 0 Å². The standard InChI is InChI=1S/C24H19N3O6/c1-2-12-27-20(29)11-10-18(26-27)24(32)33-13-19(28)25-17-9-5-8-16-21(17)23(31)15-7-4-3-6-14(15)22(16)30/h3-11H,2,12-13H2,1H3,(H,25,28). The molecule has 0 fully saturated rings. The first-order valence-corrected chi connectivity index (χ1v) is 10.3. The number of ketones is 2. The molecule has 4 rings (SSSR count). The van der Waals surface area contributed by atoms with Crippen LogP contribution in [-0.4, -0.2) is 39.8 Å². The van der Waals surface area contributed by atoms with E-state index in [4.69, 9.17) is 4.74 Å². The summed E-state index contributed by atoms with van der Waals surface area (Å²) in [5.41, 5.74) is 0.549. The van der Waals surface area contributed by atoms with Crippen molar-refractivity contribution < 1.29 is 23.9 Å². The van der Waals surface area contributed by atoms with Crippen LogP contribution < -0.4 is 10.9 Å². The first-order valence-electron chi connectivity index (χ1n) is 10.3. The van der Waals surface area contributed by atoms with Crippen molar-refractivity contribution in [3.8, 4) is 0 Å². The lowest BCUT2D eigenvalue weighted by Crippen LogP contribution is -2.27. The van der Waals surface area contributed by atoms with Crippen LogP contribution in [-0.2, 0) is 16.1 Å². The third-order valence-corrected chi connectivity index (χ3v) is 5.07. The highest BCUT2D eigenvalue weighted by atomic mass is 16.5. The molecule has 9 nitrogen and oxygen atoms in total. The summed E-state index contributed by atoms with van der Waals surface area (Å²) >= 11 is 0. The predicted molar refractivity (Wildman–Crippen MR) is 117 cm³/mol. The summed E-state index contributed by atoms with van der Waals surface area (Å²) in [5, 5.41) is 6.47. The molecule has 1 amide bonds. The third kappa shape index (κ3) is 4.20. The Morgan fingerprint density at radius 1 is 0.909 bits per heavy atom. The zero-order valence-electron chi connectivity index (χ0n) is 17.7.